The van der Waals surface area contributed by atoms with Crippen molar-refractivity contribution in [1.82, 2.24) is 10.2 Å². The summed E-state index contributed by atoms with van der Waals surface area (Å²) in [5.41, 5.74) is 2.45. The smallest absolute Gasteiger partial charge is 0.318 e. The SMILES string of the molecule is O=C(CNC(=O)N1CCc2ccccc2C1)Nc1ccc(F)c(F)c1. The highest BCUT2D eigenvalue weighted by Crippen LogP contribution is 2.18. The lowest BCUT2D eigenvalue weighted by molar-refractivity contribution is -0.115. The summed E-state index contributed by atoms with van der Waals surface area (Å²) >= 11 is 0. The van der Waals surface area contributed by atoms with Gasteiger partial charge in [0.05, 0.1) is 6.54 Å². The van der Waals surface area contributed by atoms with Crippen molar-refractivity contribution in [3.63, 3.8) is 0 Å². The normalized spacial score (nSPS) is 13.1. The second-order valence-corrected chi connectivity index (χ2v) is 5.78. The molecule has 3 amide bonds. The summed E-state index contributed by atoms with van der Waals surface area (Å²) in [5.74, 6) is -2.55. The van der Waals surface area contributed by atoms with E-state index in [2.05, 4.69) is 10.6 Å². The first-order chi connectivity index (χ1) is 12.0. The molecule has 2 aromatic rings. The van der Waals surface area contributed by atoms with Gasteiger partial charge in [0.2, 0.25) is 5.91 Å². The van der Waals surface area contributed by atoms with Crippen LogP contribution in [0.25, 0.3) is 0 Å². The Kier molecular flexibility index (Phi) is 4.92. The minimum atomic E-state index is -1.05. The van der Waals surface area contributed by atoms with Crippen LogP contribution in [-0.2, 0) is 17.8 Å². The van der Waals surface area contributed by atoms with Gasteiger partial charge in [-0.3, -0.25) is 4.79 Å². The second-order valence-electron chi connectivity index (χ2n) is 5.78. The van der Waals surface area contributed by atoms with Gasteiger partial charge in [-0.1, -0.05) is 24.3 Å². The van der Waals surface area contributed by atoms with Crippen molar-refractivity contribution in [1.29, 1.82) is 0 Å². The van der Waals surface area contributed by atoms with Crippen molar-refractivity contribution in [3.8, 4) is 0 Å². The maximum atomic E-state index is 13.1. The van der Waals surface area contributed by atoms with Crippen molar-refractivity contribution in [3.05, 3.63) is 65.2 Å². The van der Waals surface area contributed by atoms with Crippen LogP contribution < -0.4 is 10.6 Å². The number of halogens is 2. The monoisotopic (exact) mass is 345 g/mol. The number of hydrogen-bond acceptors (Lipinski definition) is 2. The summed E-state index contributed by atoms with van der Waals surface area (Å²) < 4.78 is 26.0. The van der Waals surface area contributed by atoms with Gasteiger partial charge in [-0.2, -0.15) is 0 Å². The maximum Gasteiger partial charge on any atom is 0.318 e. The van der Waals surface area contributed by atoms with Crippen LogP contribution in [0, 0.1) is 11.6 Å². The summed E-state index contributed by atoms with van der Waals surface area (Å²) in [5, 5.41) is 4.94. The first-order valence-corrected chi connectivity index (χ1v) is 7.87. The Hall–Kier alpha value is -2.96. The van der Waals surface area contributed by atoms with E-state index in [9.17, 15) is 18.4 Å². The summed E-state index contributed by atoms with van der Waals surface area (Å²) in [6.45, 7) is 0.816. The Morgan fingerprint density at radius 3 is 2.56 bits per heavy atom. The first-order valence-electron chi connectivity index (χ1n) is 7.87. The lowest BCUT2D eigenvalue weighted by atomic mass is 10.0. The third-order valence-corrected chi connectivity index (χ3v) is 4.02. The van der Waals surface area contributed by atoms with Gasteiger partial charge in [0.1, 0.15) is 0 Å². The highest BCUT2D eigenvalue weighted by atomic mass is 19.2. The van der Waals surface area contributed by atoms with E-state index in [-0.39, 0.29) is 18.3 Å². The molecule has 0 atom stereocenters. The Balaban J connectivity index is 1.50. The molecule has 1 aliphatic rings. The van der Waals surface area contributed by atoms with Gasteiger partial charge in [-0.15, -0.1) is 0 Å². The number of rotatable bonds is 3. The molecule has 0 spiro atoms. The molecule has 130 valence electrons. The fourth-order valence-corrected chi connectivity index (χ4v) is 2.72. The molecule has 25 heavy (non-hydrogen) atoms. The van der Waals surface area contributed by atoms with Gasteiger partial charge >= 0.3 is 6.03 Å². The number of fused-ring (bicyclic) bond motifs is 1. The molecule has 0 unspecified atom stereocenters. The Bertz CT molecular complexity index is 811. The van der Waals surface area contributed by atoms with Gasteiger partial charge in [-0.25, -0.2) is 13.6 Å². The van der Waals surface area contributed by atoms with Gasteiger partial charge in [-0.05, 0) is 29.7 Å². The lowest BCUT2D eigenvalue weighted by Gasteiger charge is -2.28. The van der Waals surface area contributed by atoms with E-state index in [0.29, 0.717) is 13.1 Å². The Morgan fingerprint density at radius 2 is 1.80 bits per heavy atom. The molecule has 7 heteroatoms. The number of anilines is 1. The molecular weight excluding hydrogens is 328 g/mol. The molecule has 5 nitrogen and oxygen atoms in total. The van der Waals surface area contributed by atoms with Crippen LogP contribution in [-0.4, -0.2) is 29.9 Å². The molecular formula is C18H17F2N3O2. The molecule has 0 saturated heterocycles. The summed E-state index contributed by atoms with van der Waals surface area (Å²) in [4.78, 5) is 25.7. The molecule has 1 aliphatic heterocycles. The first kappa shape index (κ1) is 16.9. The van der Waals surface area contributed by atoms with Crippen LogP contribution >= 0.6 is 0 Å². The van der Waals surface area contributed by atoms with Crippen LogP contribution in [0.2, 0.25) is 0 Å². The predicted octanol–water partition coefficient (Wildman–Crippen LogP) is 2.67. The number of urea groups is 1. The average molecular weight is 345 g/mol. The summed E-state index contributed by atoms with van der Waals surface area (Å²) in [6, 6.07) is 10.6. The minimum Gasteiger partial charge on any atom is -0.329 e. The van der Waals surface area contributed by atoms with Crippen molar-refractivity contribution in [2.24, 2.45) is 0 Å². The van der Waals surface area contributed by atoms with Gasteiger partial charge < -0.3 is 15.5 Å². The van der Waals surface area contributed by atoms with Gasteiger partial charge in [0, 0.05) is 24.8 Å². The number of nitrogens with one attached hydrogen (secondary N) is 2. The zero-order valence-corrected chi connectivity index (χ0v) is 13.4. The number of amides is 3. The molecule has 2 aromatic carbocycles. The molecule has 0 saturated carbocycles. The number of benzene rings is 2. The van der Waals surface area contributed by atoms with E-state index in [1.165, 1.54) is 11.6 Å². The minimum absolute atomic E-state index is 0.130. The van der Waals surface area contributed by atoms with Crippen LogP contribution in [0.15, 0.2) is 42.5 Å². The Labute approximate surface area is 143 Å². The molecule has 0 radical (unpaired) electrons. The molecule has 0 fully saturated rings. The standard InChI is InChI=1S/C18H17F2N3O2/c19-15-6-5-14(9-16(15)20)22-17(24)10-21-18(25)23-8-7-12-3-1-2-4-13(12)11-23/h1-6,9H,7-8,10-11H2,(H,21,25)(H,22,24). The number of carbonyl (C=O) groups excluding carboxylic acids is 2. The number of nitrogens with zero attached hydrogens (tertiary/aromatic N) is 1. The highest BCUT2D eigenvalue weighted by molar-refractivity contribution is 5.94. The quantitative estimate of drug-likeness (QED) is 0.898. The third kappa shape index (κ3) is 4.12. The van der Waals surface area contributed by atoms with Crippen LogP contribution in [0.5, 0.6) is 0 Å². The third-order valence-electron chi connectivity index (χ3n) is 4.02. The van der Waals surface area contributed by atoms with E-state index in [1.807, 2.05) is 24.3 Å². The fraction of sp³-hybridized carbons (Fsp3) is 0.222. The van der Waals surface area contributed by atoms with Crippen LogP contribution in [0.3, 0.4) is 0 Å². The van der Waals surface area contributed by atoms with Crippen molar-refractivity contribution in [2.45, 2.75) is 13.0 Å². The largest absolute Gasteiger partial charge is 0.329 e. The van der Waals surface area contributed by atoms with Crippen molar-refractivity contribution >= 4 is 17.6 Å². The number of hydrogen-bond donors (Lipinski definition) is 2. The fourth-order valence-electron chi connectivity index (χ4n) is 2.72. The molecule has 1 heterocycles. The van der Waals surface area contributed by atoms with Gasteiger partial charge in [0.15, 0.2) is 11.6 Å². The van der Waals surface area contributed by atoms with Crippen molar-refractivity contribution in [2.75, 3.05) is 18.4 Å². The summed E-state index contributed by atoms with van der Waals surface area (Å²) in [7, 11) is 0. The van der Waals surface area contributed by atoms with Gasteiger partial charge in [0.25, 0.3) is 0 Å². The summed E-state index contributed by atoms with van der Waals surface area (Å²) in [6.07, 6.45) is 0.768. The topological polar surface area (TPSA) is 61.4 Å². The predicted molar refractivity (Wildman–Crippen MR) is 88.9 cm³/mol. The van der Waals surface area contributed by atoms with E-state index in [4.69, 9.17) is 0 Å². The lowest BCUT2D eigenvalue weighted by Crippen LogP contribution is -2.45. The Morgan fingerprint density at radius 1 is 1.04 bits per heavy atom. The average Bonchev–Trinajstić information content (AvgIpc) is 2.62. The second kappa shape index (κ2) is 7.29. The molecule has 0 bridgehead atoms. The van der Waals surface area contributed by atoms with E-state index in [1.54, 1.807) is 4.90 Å². The zero-order chi connectivity index (χ0) is 17.8. The molecule has 0 aromatic heterocycles. The van der Waals surface area contributed by atoms with E-state index < -0.39 is 17.5 Å². The van der Waals surface area contributed by atoms with Crippen LogP contribution in [0.1, 0.15) is 11.1 Å². The van der Waals surface area contributed by atoms with E-state index >= 15 is 0 Å². The van der Waals surface area contributed by atoms with Crippen LogP contribution in [0.4, 0.5) is 19.3 Å². The van der Waals surface area contributed by atoms with E-state index in [0.717, 1.165) is 24.1 Å². The molecule has 2 N–H and O–H groups in total. The number of carbonyl (C=O) groups is 2. The maximum absolute atomic E-state index is 13.1. The highest BCUT2D eigenvalue weighted by Gasteiger charge is 2.20. The molecule has 0 aliphatic carbocycles. The van der Waals surface area contributed by atoms with Crippen molar-refractivity contribution < 1.29 is 18.4 Å². The molecule has 3 rings (SSSR count). The zero-order valence-electron chi connectivity index (χ0n) is 13.4.